The van der Waals surface area contributed by atoms with Crippen LogP contribution in [0.5, 0.6) is 5.75 Å². The molecule has 7 rings (SSSR count). The van der Waals surface area contributed by atoms with Gasteiger partial charge in [0.2, 0.25) is 11.9 Å². The van der Waals surface area contributed by atoms with Crippen molar-refractivity contribution in [2.24, 2.45) is 5.41 Å². The monoisotopic (exact) mass is 620 g/mol. The van der Waals surface area contributed by atoms with Gasteiger partial charge in [0.05, 0.1) is 23.8 Å². The van der Waals surface area contributed by atoms with Crippen molar-refractivity contribution in [2.75, 3.05) is 61.9 Å². The molecular weight excluding hydrogens is 580 g/mol. The predicted molar refractivity (Wildman–Crippen MR) is 179 cm³/mol. The summed E-state index contributed by atoms with van der Waals surface area (Å²) in [6.07, 6.45) is 5.23. The first kappa shape index (κ1) is 29.8. The molecule has 238 valence electrons. The molecule has 3 N–H and O–H groups in total. The SMILES string of the molecule is COc1cc(N2CCN(C(=O)C3(C)CNC3)CC2)ccc1Nc1ncc2c(n1)-n1ccc(C(=O)Nc3c(C)cccc3C)c1CC2. The van der Waals surface area contributed by atoms with Crippen molar-refractivity contribution in [3.63, 3.8) is 0 Å². The molecule has 2 aromatic carbocycles. The van der Waals surface area contributed by atoms with Gasteiger partial charge in [-0.3, -0.25) is 9.59 Å². The van der Waals surface area contributed by atoms with Gasteiger partial charge in [0, 0.05) is 80.4 Å². The first-order valence-electron chi connectivity index (χ1n) is 15.9. The molecular formula is C35H40N8O3. The number of nitrogens with zero attached hydrogens (tertiary/aromatic N) is 5. The van der Waals surface area contributed by atoms with Crippen LogP contribution in [-0.2, 0) is 17.6 Å². The highest BCUT2D eigenvalue weighted by Crippen LogP contribution is 2.34. The zero-order valence-corrected chi connectivity index (χ0v) is 26.8. The smallest absolute Gasteiger partial charge is 0.257 e. The molecule has 5 heterocycles. The van der Waals surface area contributed by atoms with Gasteiger partial charge in [0.25, 0.3) is 5.91 Å². The van der Waals surface area contributed by atoms with E-state index in [9.17, 15) is 9.59 Å². The van der Waals surface area contributed by atoms with E-state index in [2.05, 4.69) is 31.9 Å². The fraction of sp³-hybridized carbons (Fsp3) is 0.371. The Labute approximate surface area is 269 Å². The van der Waals surface area contributed by atoms with Crippen LogP contribution >= 0.6 is 0 Å². The molecule has 2 amide bonds. The van der Waals surface area contributed by atoms with E-state index >= 15 is 0 Å². The van der Waals surface area contributed by atoms with Crippen LogP contribution in [0.1, 0.15) is 39.7 Å². The molecule has 46 heavy (non-hydrogen) atoms. The van der Waals surface area contributed by atoms with E-state index in [1.165, 1.54) is 0 Å². The van der Waals surface area contributed by atoms with E-state index < -0.39 is 0 Å². The highest BCUT2D eigenvalue weighted by molar-refractivity contribution is 6.06. The Kier molecular flexibility index (Phi) is 7.64. The minimum absolute atomic E-state index is 0.121. The number of piperazine rings is 1. The first-order valence-corrected chi connectivity index (χ1v) is 15.9. The minimum atomic E-state index is -0.266. The maximum absolute atomic E-state index is 13.4. The van der Waals surface area contributed by atoms with Crippen molar-refractivity contribution in [2.45, 2.75) is 33.6 Å². The Morgan fingerprint density at radius 2 is 1.76 bits per heavy atom. The normalized spacial score (nSPS) is 16.6. The van der Waals surface area contributed by atoms with Crippen molar-refractivity contribution in [1.82, 2.24) is 24.8 Å². The number of rotatable bonds is 7. The number of fused-ring (bicyclic) bond motifs is 3. The summed E-state index contributed by atoms with van der Waals surface area (Å²) in [6, 6.07) is 13.9. The van der Waals surface area contributed by atoms with Crippen LogP contribution in [0.25, 0.3) is 5.82 Å². The number of aromatic nitrogens is 3. The number of hydrogen-bond acceptors (Lipinski definition) is 8. The highest BCUT2D eigenvalue weighted by Gasteiger charge is 2.42. The molecule has 4 aromatic rings. The molecule has 11 nitrogen and oxygen atoms in total. The molecule has 0 radical (unpaired) electrons. The second-order valence-corrected chi connectivity index (χ2v) is 12.8. The Bertz CT molecular complexity index is 1800. The van der Waals surface area contributed by atoms with E-state index in [1.54, 1.807) is 7.11 Å². The average molecular weight is 621 g/mol. The fourth-order valence-corrected chi connectivity index (χ4v) is 6.71. The van der Waals surface area contributed by atoms with Gasteiger partial charge in [-0.2, -0.15) is 4.98 Å². The van der Waals surface area contributed by atoms with Gasteiger partial charge in [0.1, 0.15) is 11.6 Å². The van der Waals surface area contributed by atoms with Crippen LogP contribution < -0.4 is 25.6 Å². The standard InChI is InChI=1S/C35H40N8O3/c1-22-6-5-7-23(2)30(22)39-32(44)26-12-13-43-28(26)11-8-24-19-37-34(40-31(24)43)38-27-10-9-25(18-29(27)46-4)41-14-16-42(17-15-41)33(45)35(3)20-36-21-35/h5-7,9-10,12-13,18-19,36H,8,11,14-17,20-21H2,1-4H3,(H,39,44)(H,37,38,40). The van der Waals surface area contributed by atoms with Crippen molar-refractivity contribution in [3.05, 3.63) is 82.8 Å². The lowest BCUT2D eigenvalue weighted by Gasteiger charge is -2.44. The number of aryl methyl sites for hydroxylation is 3. The van der Waals surface area contributed by atoms with Gasteiger partial charge in [-0.05, 0) is 62.9 Å². The topological polar surface area (TPSA) is 117 Å². The van der Waals surface area contributed by atoms with Gasteiger partial charge < -0.3 is 35.1 Å². The number of benzene rings is 2. The summed E-state index contributed by atoms with van der Waals surface area (Å²) in [5.41, 5.74) is 7.06. The maximum Gasteiger partial charge on any atom is 0.257 e. The summed E-state index contributed by atoms with van der Waals surface area (Å²) in [6.45, 7) is 10.5. The van der Waals surface area contributed by atoms with E-state index in [0.29, 0.717) is 30.4 Å². The third kappa shape index (κ3) is 5.34. The number of carbonyl (C=O) groups excluding carboxylic acids is 2. The number of hydrogen-bond donors (Lipinski definition) is 3. The van der Waals surface area contributed by atoms with Gasteiger partial charge in [-0.25, -0.2) is 4.98 Å². The predicted octanol–water partition coefficient (Wildman–Crippen LogP) is 4.25. The van der Waals surface area contributed by atoms with E-state index in [1.807, 2.05) is 79.0 Å². The highest BCUT2D eigenvalue weighted by atomic mass is 16.5. The molecule has 0 bridgehead atoms. The van der Waals surface area contributed by atoms with Crippen molar-refractivity contribution in [1.29, 1.82) is 0 Å². The number of anilines is 4. The van der Waals surface area contributed by atoms with Crippen LogP contribution in [0, 0.1) is 19.3 Å². The van der Waals surface area contributed by atoms with Gasteiger partial charge in [-0.15, -0.1) is 0 Å². The molecule has 0 unspecified atom stereocenters. The van der Waals surface area contributed by atoms with Crippen LogP contribution in [-0.4, -0.2) is 77.6 Å². The molecule has 2 fully saturated rings. The van der Waals surface area contributed by atoms with Crippen molar-refractivity contribution in [3.8, 4) is 11.6 Å². The second kappa shape index (κ2) is 11.8. The molecule has 2 saturated heterocycles. The third-order valence-electron chi connectivity index (χ3n) is 9.57. The lowest BCUT2D eigenvalue weighted by molar-refractivity contribution is -0.144. The minimum Gasteiger partial charge on any atom is -0.494 e. The molecule has 3 aliphatic heterocycles. The van der Waals surface area contributed by atoms with Gasteiger partial charge >= 0.3 is 0 Å². The van der Waals surface area contributed by atoms with E-state index in [4.69, 9.17) is 9.72 Å². The van der Waals surface area contributed by atoms with Crippen LogP contribution in [0.3, 0.4) is 0 Å². The molecule has 0 atom stereocenters. The molecule has 0 aliphatic carbocycles. The number of nitrogens with one attached hydrogen (secondary N) is 3. The van der Waals surface area contributed by atoms with Crippen molar-refractivity contribution >= 4 is 34.8 Å². The molecule has 0 spiro atoms. The third-order valence-corrected chi connectivity index (χ3v) is 9.57. The number of carbonyl (C=O) groups is 2. The summed E-state index contributed by atoms with van der Waals surface area (Å²) in [5.74, 6) is 2.01. The summed E-state index contributed by atoms with van der Waals surface area (Å²) >= 11 is 0. The lowest BCUT2D eigenvalue weighted by Crippen LogP contribution is -2.62. The quantitative estimate of drug-likeness (QED) is 0.281. The maximum atomic E-state index is 13.4. The number of para-hydroxylation sites is 1. The van der Waals surface area contributed by atoms with E-state index in [0.717, 1.165) is 84.3 Å². The first-order chi connectivity index (χ1) is 22.2. The second-order valence-electron chi connectivity index (χ2n) is 12.8. The Balaban J connectivity index is 1.06. The Morgan fingerprint density at radius 1 is 1.00 bits per heavy atom. The summed E-state index contributed by atoms with van der Waals surface area (Å²) < 4.78 is 7.77. The van der Waals surface area contributed by atoms with Crippen molar-refractivity contribution < 1.29 is 14.3 Å². The van der Waals surface area contributed by atoms with E-state index in [-0.39, 0.29) is 17.2 Å². The number of methoxy groups -OCH3 is 1. The number of ether oxygens (including phenoxy) is 1. The van der Waals surface area contributed by atoms with Crippen LogP contribution in [0.15, 0.2) is 54.9 Å². The fourth-order valence-electron chi connectivity index (χ4n) is 6.71. The summed E-state index contributed by atoms with van der Waals surface area (Å²) in [5, 5.41) is 9.69. The molecule has 11 heteroatoms. The Hall–Kier alpha value is -4.90. The van der Waals surface area contributed by atoms with Crippen LogP contribution in [0.4, 0.5) is 23.0 Å². The zero-order chi connectivity index (χ0) is 32.0. The number of amides is 2. The van der Waals surface area contributed by atoms with Crippen LogP contribution in [0.2, 0.25) is 0 Å². The summed E-state index contributed by atoms with van der Waals surface area (Å²) in [7, 11) is 1.65. The molecule has 2 aromatic heterocycles. The van der Waals surface area contributed by atoms with Gasteiger partial charge in [-0.1, -0.05) is 18.2 Å². The largest absolute Gasteiger partial charge is 0.494 e. The lowest BCUT2D eigenvalue weighted by atomic mass is 9.82. The zero-order valence-electron chi connectivity index (χ0n) is 26.8. The average Bonchev–Trinajstić information content (AvgIpc) is 3.50. The molecule has 3 aliphatic rings. The summed E-state index contributed by atoms with van der Waals surface area (Å²) in [4.78, 5) is 40.1. The van der Waals surface area contributed by atoms with Gasteiger partial charge in [0.15, 0.2) is 0 Å². The Morgan fingerprint density at radius 3 is 2.46 bits per heavy atom. The molecule has 0 saturated carbocycles.